The second kappa shape index (κ2) is 15.3. The van der Waals surface area contributed by atoms with Crippen LogP contribution in [0.5, 0.6) is 0 Å². The summed E-state index contributed by atoms with van der Waals surface area (Å²) in [6.07, 6.45) is 0. The lowest BCUT2D eigenvalue weighted by Gasteiger charge is -2.30. The van der Waals surface area contributed by atoms with Crippen molar-refractivity contribution in [1.82, 2.24) is 9.97 Å². The number of hydrogen-bond donors (Lipinski definition) is 0. The van der Waals surface area contributed by atoms with Crippen LogP contribution in [0.25, 0.3) is 78.1 Å². The first-order chi connectivity index (χ1) is 32.7. The third kappa shape index (κ3) is 5.84. The Morgan fingerprint density at radius 2 is 0.727 bits per heavy atom. The Morgan fingerprint density at radius 3 is 1.35 bits per heavy atom. The highest BCUT2D eigenvalue weighted by Crippen LogP contribution is 2.64. The zero-order valence-electron chi connectivity index (χ0n) is 36.0. The van der Waals surface area contributed by atoms with Gasteiger partial charge >= 0.3 is 0 Å². The second-order valence-corrected chi connectivity index (χ2v) is 17.2. The molecular formula is C63H41N3. The highest BCUT2D eigenvalue weighted by molar-refractivity contribution is 6.00. The maximum Gasteiger partial charge on any atom is 0.160 e. The number of para-hydroxylation sites is 1. The molecule has 3 heteroatoms. The first-order valence-electron chi connectivity index (χ1n) is 22.7. The largest absolute Gasteiger partial charge is 0.311 e. The smallest absolute Gasteiger partial charge is 0.160 e. The number of fused-ring (bicyclic) bond motifs is 11. The summed E-state index contributed by atoms with van der Waals surface area (Å²) in [5.41, 5.74) is 22.1. The third-order valence-corrected chi connectivity index (χ3v) is 13.7. The van der Waals surface area contributed by atoms with Crippen molar-refractivity contribution in [2.45, 2.75) is 5.41 Å². The quantitative estimate of drug-likeness (QED) is 0.160. The average molecular weight is 840 g/mol. The summed E-state index contributed by atoms with van der Waals surface area (Å²) < 4.78 is 0. The van der Waals surface area contributed by atoms with E-state index in [4.69, 9.17) is 9.97 Å². The van der Waals surface area contributed by atoms with E-state index in [2.05, 4.69) is 241 Å². The molecule has 10 aromatic carbocycles. The maximum atomic E-state index is 5.17. The fourth-order valence-electron chi connectivity index (χ4n) is 10.8. The van der Waals surface area contributed by atoms with Crippen LogP contribution in [0.3, 0.4) is 0 Å². The van der Waals surface area contributed by atoms with Crippen molar-refractivity contribution in [2.75, 3.05) is 4.90 Å². The number of anilines is 3. The van der Waals surface area contributed by atoms with Gasteiger partial charge in [0, 0.05) is 33.6 Å². The Labute approximate surface area is 384 Å². The molecule has 0 fully saturated rings. The van der Waals surface area contributed by atoms with E-state index in [-0.39, 0.29) is 5.41 Å². The summed E-state index contributed by atoms with van der Waals surface area (Å²) in [5, 5.41) is 1.04. The van der Waals surface area contributed by atoms with Gasteiger partial charge in [-0.3, -0.25) is 0 Å². The molecule has 1 heterocycles. The number of hydrogen-bond acceptors (Lipinski definition) is 3. The lowest BCUT2D eigenvalue weighted by Crippen LogP contribution is -2.25. The van der Waals surface area contributed by atoms with E-state index in [1.165, 1.54) is 66.8 Å². The molecule has 11 aromatic rings. The number of nitrogens with zero attached hydrogens (tertiary/aromatic N) is 3. The Balaban J connectivity index is 0.919. The molecule has 0 radical (unpaired) electrons. The Kier molecular flexibility index (Phi) is 8.75. The van der Waals surface area contributed by atoms with E-state index < -0.39 is 0 Å². The van der Waals surface area contributed by atoms with E-state index in [9.17, 15) is 0 Å². The van der Waals surface area contributed by atoms with E-state index in [1.54, 1.807) is 0 Å². The van der Waals surface area contributed by atoms with Crippen LogP contribution in [0.15, 0.2) is 249 Å². The molecule has 1 aromatic heterocycles. The van der Waals surface area contributed by atoms with Gasteiger partial charge in [-0.05, 0) is 121 Å². The highest BCUT2D eigenvalue weighted by atomic mass is 15.1. The fourth-order valence-corrected chi connectivity index (χ4v) is 10.8. The third-order valence-electron chi connectivity index (χ3n) is 13.7. The van der Waals surface area contributed by atoms with Crippen molar-refractivity contribution in [1.29, 1.82) is 0 Å². The van der Waals surface area contributed by atoms with E-state index in [1.807, 2.05) is 12.1 Å². The van der Waals surface area contributed by atoms with Gasteiger partial charge in [0.15, 0.2) is 5.82 Å². The van der Waals surface area contributed by atoms with E-state index in [0.717, 1.165) is 44.8 Å². The van der Waals surface area contributed by atoms with Gasteiger partial charge in [0.1, 0.15) is 0 Å². The summed E-state index contributed by atoms with van der Waals surface area (Å²) in [6, 6.07) is 89.9. The minimum Gasteiger partial charge on any atom is -0.311 e. The van der Waals surface area contributed by atoms with Gasteiger partial charge in [-0.25, -0.2) is 9.97 Å². The van der Waals surface area contributed by atoms with Crippen LogP contribution < -0.4 is 4.90 Å². The van der Waals surface area contributed by atoms with Crippen LogP contribution in [-0.4, -0.2) is 9.97 Å². The molecule has 0 saturated carbocycles. The Hall–Kier alpha value is -8.66. The molecule has 0 amide bonds. The van der Waals surface area contributed by atoms with Crippen LogP contribution in [0.1, 0.15) is 22.3 Å². The molecule has 2 aliphatic carbocycles. The fraction of sp³-hybridized carbons (Fsp3) is 0.0159. The van der Waals surface area contributed by atoms with Gasteiger partial charge in [0.05, 0.1) is 16.6 Å². The van der Waals surface area contributed by atoms with Crippen LogP contribution in [0.2, 0.25) is 0 Å². The molecule has 3 nitrogen and oxygen atoms in total. The number of benzene rings is 10. The van der Waals surface area contributed by atoms with Crippen LogP contribution in [0.4, 0.5) is 17.1 Å². The van der Waals surface area contributed by atoms with Gasteiger partial charge in [-0.2, -0.15) is 0 Å². The molecule has 1 spiro atoms. The summed E-state index contributed by atoms with van der Waals surface area (Å²) in [6.45, 7) is 0. The Morgan fingerprint density at radius 1 is 0.288 bits per heavy atom. The highest BCUT2D eigenvalue weighted by Gasteiger charge is 2.51. The molecule has 308 valence electrons. The minimum absolute atomic E-state index is 0.384. The summed E-state index contributed by atoms with van der Waals surface area (Å²) in [4.78, 5) is 12.6. The molecule has 0 atom stereocenters. The molecule has 2 aliphatic rings. The first kappa shape index (κ1) is 37.9. The number of rotatable bonds is 7. The van der Waals surface area contributed by atoms with Gasteiger partial charge in [-0.1, -0.05) is 194 Å². The molecule has 13 rings (SSSR count). The van der Waals surface area contributed by atoms with E-state index >= 15 is 0 Å². The molecule has 0 bridgehead atoms. The molecule has 0 saturated heterocycles. The van der Waals surface area contributed by atoms with Crippen molar-refractivity contribution in [2.24, 2.45) is 0 Å². The summed E-state index contributed by atoms with van der Waals surface area (Å²) in [7, 11) is 0. The molecule has 66 heavy (non-hydrogen) atoms. The predicted octanol–water partition coefficient (Wildman–Crippen LogP) is 16.1. The second-order valence-electron chi connectivity index (χ2n) is 17.2. The maximum absolute atomic E-state index is 5.17. The lowest BCUT2D eigenvalue weighted by atomic mass is 9.70. The lowest BCUT2D eigenvalue weighted by molar-refractivity contribution is 0.794. The van der Waals surface area contributed by atoms with Crippen LogP contribution in [0, 0.1) is 0 Å². The van der Waals surface area contributed by atoms with Crippen molar-refractivity contribution in [3.05, 3.63) is 271 Å². The Bertz CT molecular complexity index is 3570. The van der Waals surface area contributed by atoms with Gasteiger partial charge in [0.2, 0.25) is 0 Å². The van der Waals surface area contributed by atoms with Gasteiger partial charge in [0.25, 0.3) is 0 Å². The van der Waals surface area contributed by atoms with Crippen molar-refractivity contribution in [3.63, 3.8) is 0 Å². The van der Waals surface area contributed by atoms with Crippen molar-refractivity contribution >= 4 is 28.0 Å². The van der Waals surface area contributed by atoms with E-state index in [0.29, 0.717) is 5.82 Å². The SMILES string of the molecule is c1ccc(-c2ccc(N(c3ccc(-c4nc(-c5ccccc5)c5ccccc5n4)cc3)c3ccc(-c4cccc5c4-c4ccccc4C54c5ccccc5-c5ccccc54)cc3)cc2)cc1. The van der Waals surface area contributed by atoms with Crippen molar-refractivity contribution in [3.8, 4) is 67.2 Å². The zero-order valence-corrected chi connectivity index (χ0v) is 36.0. The van der Waals surface area contributed by atoms with Crippen LogP contribution >= 0.6 is 0 Å². The van der Waals surface area contributed by atoms with Crippen LogP contribution in [-0.2, 0) is 5.41 Å². The summed E-state index contributed by atoms with van der Waals surface area (Å²) in [5.74, 6) is 0.700. The van der Waals surface area contributed by atoms with Gasteiger partial charge in [-0.15, -0.1) is 0 Å². The molecule has 0 aliphatic heterocycles. The predicted molar refractivity (Wildman–Crippen MR) is 272 cm³/mol. The zero-order chi connectivity index (χ0) is 43.6. The minimum atomic E-state index is -0.384. The topological polar surface area (TPSA) is 29.0 Å². The number of aromatic nitrogens is 2. The molecule has 0 N–H and O–H groups in total. The molecule has 0 unspecified atom stereocenters. The van der Waals surface area contributed by atoms with Gasteiger partial charge < -0.3 is 4.90 Å². The first-order valence-corrected chi connectivity index (χ1v) is 22.7. The monoisotopic (exact) mass is 839 g/mol. The van der Waals surface area contributed by atoms with Crippen molar-refractivity contribution < 1.29 is 0 Å². The normalized spacial score (nSPS) is 12.7. The average Bonchev–Trinajstić information content (AvgIpc) is 3.87. The standard InChI is InChI=1S/C63H41N3/c1-3-16-42(17-4-1)43-30-36-47(37-31-43)66(49-40-34-46(35-41-49)62-64-59-29-14-10-23-54(59)61(65-62)45-18-5-2-6-19-45)48-38-32-44(33-39-48)50-24-15-28-58-60(50)53-22-9-13-27-57(53)63(58)55-25-11-7-20-51(55)52-21-8-12-26-56(52)63/h1-41H. The molecular weight excluding hydrogens is 799 g/mol. The summed E-state index contributed by atoms with van der Waals surface area (Å²) >= 11 is 0.